The normalized spacial score (nSPS) is 14.7. The van der Waals surface area contributed by atoms with Crippen molar-refractivity contribution in [3.8, 4) is 0 Å². The molecule has 2 unspecified atom stereocenters. The van der Waals surface area contributed by atoms with Gasteiger partial charge in [0.05, 0.1) is 18.6 Å². The first-order chi connectivity index (χ1) is 8.10. The van der Waals surface area contributed by atoms with E-state index >= 15 is 0 Å². The summed E-state index contributed by atoms with van der Waals surface area (Å²) in [5.41, 5.74) is 0. The zero-order valence-corrected chi connectivity index (χ0v) is 11.7. The second-order valence-electron chi connectivity index (χ2n) is 4.68. The second kappa shape index (κ2) is 9.46. The minimum Gasteiger partial charge on any atom is -0.465 e. The first-order valence-corrected chi connectivity index (χ1v) is 6.95. The quantitative estimate of drug-likeness (QED) is 0.634. The van der Waals surface area contributed by atoms with Crippen molar-refractivity contribution < 1.29 is 14.6 Å². The van der Waals surface area contributed by atoms with Crippen LogP contribution in [0.15, 0.2) is 0 Å². The van der Waals surface area contributed by atoms with Gasteiger partial charge in [0.25, 0.3) is 0 Å². The molecule has 0 aromatic rings. The van der Waals surface area contributed by atoms with Crippen LogP contribution in [0.2, 0.25) is 0 Å². The van der Waals surface area contributed by atoms with Gasteiger partial charge < -0.3 is 9.84 Å². The van der Waals surface area contributed by atoms with Crippen LogP contribution >= 0.6 is 0 Å². The zero-order valence-electron chi connectivity index (χ0n) is 11.7. The molecule has 0 amide bonds. The van der Waals surface area contributed by atoms with E-state index in [9.17, 15) is 9.90 Å². The third-order valence-electron chi connectivity index (χ3n) is 3.41. The number of aliphatic hydroxyl groups is 1. The van der Waals surface area contributed by atoms with E-state index in [-0.39, 0.29) is 11.9 Å². The molecule has 0 spiro atoms. The van der Waals surface area contributed by atoms with Gasteiger partial charge >= 0.3 is 5.97 Å². The Bertz CT molecular complexity index is 200. The maximum Gasteiger partial charge on any atom is 0.311 e. The molecule has 0 aliphatic rings. The van der Waals surface area contributed by atoms with Crippen LogP contribution in [0.3, 0.4) is 0 Å². The third-order valence-corrected chi connectivity index (χ3v) is 3.41. The van der Waals surface area contributed by atoms with Crippen molar-refractivity contribution in [2.45, 2.75) is 65.9 Å². The lowest BCUT2D eigenvalue weighted by Crippen LogP contribution is -2.30. The Morgan fingerprint density at radius 1 is 1.12 bits per heavy atom. The van der Waals surface area contributed by atoms with Crippen molar-refractivity contribution in [1.82, 2.24) is 0 Å². The molecule has 0 aromatic heterocycles. The number of hydrogen-bond acceptors (Lipinski definition) is 3. The van der Waals surface area contributed by atoms with E-state index in [2.05, 4.69) is 13.8 Å². The number of hydrogen-bond donors (Lipinski definition) is 1. The molecule has 3 heteroatoms. The Labute approximate surface area is 106 Å². The maximum absolute atomic E-state index is 11.8. The summed E-state index contributed by atoms with van der Waals surface area (Å²) in [5.74, 6) is -0.149. The van der Waals surface area contributed by atoms with Crippen molar-refractivity contribution >= 4 is 5.97 Å². The Balaban J connectivity index is 4.16. The van der Waals surface area contributed by atoms with E-state index in [0.29, 0.717) is 25.4 Å². The smallest absolute Gasteiger partial charge is 0.311 e. The number of carbonyl (C=O) groups excluding carboxylic acids is 1. The fourth-order valence-electron chi connectivity index (χ4n) is 1.92. The number of aliphatic hydroxyl groups excluding tert-OH is 1. The SMILES string of the molecule is CCCC(O)C(CC)C(=O)OCC(CC)CC. The second-order valence-corrected chi connectivity index (χ2v) is 4.68. The van der Waals surface area contributed by atoms with Gasteiger partial charge in [0.2, 0.25) is 0 Å². The summed E-state index contributed by atoms with van der Waals surface area (Å²) in [7, 11) is 0. The molecule has 3 nitrogen and oxygen atoms in total. The van der Waals surface area contributed by atoms with Gasteiger partial charge in [-0.2, -0.15) is 0 Å². The predicted octanol–water partition coefficient (Wildman–Crippen LogP) is 3.15. The molecule has 0 saturated heterocycles. The number of carbonyl (C=O) groups is 1. The molecule has 0 bridgehead atoms. The zero-order chi connectivity index (χ0) is 13.3. The molecule has 0 heterocycles. The summed E-state index contributed by atoms with van der Waals surface area (Å²) in [5, 5.41) is 9.86. The first-order valence-electron chi connectivity index (χ1n) is 6.95. The van der Waals surface area contributed by atoms with Gasteiger partial charge in [-0.05, 0) is 18.8 Å². The van der Waals surface area contributed by atoms with Gasteiger partial charge in [-0.3, -0.25) is 4.79 Å². The minimum atomic E-state index is -0.556. The van der Waals surface area contributed by atoms with E-state index in [0.717, 1.165) is 19.3 Å². The highest BCUT2D eigenvalue weighted by molar-refractivity contribution is 5.73. The molecular formula is C14H28O3. The largest absolute Gasteiger partial charge is 0.465 e. The predicted molar refractivity (Wildman–Crippen MR) is 69.7 cm³/mol. The highest BCUT2D eigenvalue weighted by Gasteiger charge is 2.26. The van der Waals surface area contributed by atoms with Gasteiger partial charge in [-0.25, -0.2) is 0 Å². The van der Waals surface area contributed by atoms with E-state index in [1.807, 2.05) is 13.8 Å². The Hall–Kier alpha value is -0.570. The summed E-state index contributed by atoms with van der Waals surface area (Å²) < 4.78 is 5.31. The maximum atomic E-state index is 11.8. The van der Waals surface area contributed by atoms with Crippen LogP contribution in [-0.2, 0) is 9.53 Å². The van der Waals surface area contributed by atoms with Gasteiger partial charge in [0.15, 0.2) is 0 Å². The van der Waals surface area contributed by atoms with Gasteiger partial charge in [0.1, 0.15) is 0 Å². The van der Waals surface area contributed by atoms with E-state index in [1.54, 1.807) is 0 Å². The molecule has 0 saturated carbocycles. The van der Waals surface area contributed by atoms with Crippen molar-refractivity contribution in [3.63, 3.8) is 0 Å². The lowest BCUT2D eigenvalue weighted by molar-refractivity contribution is -0.154. The highest BCUT2D eigenvalue weighted by Crippen LogP contribution is 2.17. The van der Waals surface area contributed by atoms with Gasteiger partial charge in [0, 0.05) is 0 Å². The average Bonchev–Trinajstić information content (AvgIpc) is 2.31. The molecule has 0 aliphatic heterocycles. The Morgan fingerprint density at radius 2 is 1.71 bits per heavy atom. The van der Waals surface area contributed by atoms with Crippen molar-refractivity contribution in [3.05, 3.63) is 0 Å². The molecule has 102 valence electrons. The van der Waals surface area contributed by atoms with Crippen molar-refractivity contribution in [2.75, 3.05) is 6.61 Å². The van der Waals surface area contributed by atoms with Crippen LogP contribution in [0.1, 0.15) is 59.8 Å². The Kier molecular flexibility index (Phi) is 9.14. The summed E-state index contributed by atoms with van der Waals surface area (Å²) in [4.78, 5) is 11.8. The summed E-state index contributed by atoms with van der Waals surface area (Å²) in [6.07, 6.45) is 3.69. The number of esters is 1. The van der Waals surface area contributed by atoms with Crippen molar-refractivity contribution in [2.24, 2.45) is 11.8 Å². The molecular weight excluding hydrogens is 216 g/mol. The standard InChI is InChI=1S/C14H28O3/c1-5-9-13(15)12(8-4)14(16)17-10-11(6-2)7-3/h11-13,15H,5-10H2,1-4H3. The molecule has 0 aromatic carbocycles. The number of ether oxygens (including phenoxy) is 1. The lowest BCUT2D eigenvalue weighted by atomic mass is 9.96. The molecule has 17 heavy (non-hydrogen) atoms. The van der Waals surface area contributed by atoms with E-state index < -0.39 is 6.10 Å². The molecule has 0 aliphatic carbocycles. The highest BCUT2D eigenvalue weighted by atomic mass is 16.5. The third kappa shape index (κ3) is 6.06. The molecule has 0 fully saturated rings. The fourth-order valence-corrected chi connectivity index (χ4v) is 1.92. The molecule has 0 radical (unpaired) electrons. The van der Waals surface area contributed by atoms with Crippen molar-refractivity contribution in [1.29, 1.82) is 0 Å². The summed E-state index contributed by atoms with van der Waals surface area (Å²) in [6, 6.07) is 0. The summed E-state index contributed by atoms with van der Waals surface area (Å²) >= 11 is 0. The minimum absolute atomic E-state index is 0.236. The van der Waals surface area contributed by atoms with Gasteiger partial charge in [-0.1, -0.05) is 47.0 Å². The average molecular weight is 244 g/mol. The van der Waals surface area contributed by atoms with Crippen LogP contribution in [0, 0.1) is 11.8 Å². The molecule has 1 N–H and O–H groups in total. The van der Waals surface area contributed by atoms with Crippen LogP contribution in [0.4, 0.5) is 0 Å². The topological polar surface area (TPSA) is 46.5 Å². The molecule has 2 atom stereocenters. The van der Waals surface area contributed by atoms with E-state index in [4.69, 9.17) is 4.74 Å². The van der Waals surface area contributed by atoms with Crippen LogP contribution < -0.4 is 0 Å². The first kappa shape index (κ1) is 16.4. The van der Waals surface area contributed by atoms with Crippen LogP contribution in [0.25, 0.3) is 0 Å². The fraction of sp³-hybridized carbons (Fsp3) is 0.929. The molecule has 0 rings (SSSR count). The lowest BCUT2D eigenvalue weighted by Gasteiger charge is -2.21. The van der Waals surface area contributed by atoms with Crippen LogP contribution in [-0.4, -0.2) is 23.8 Å². The van der Waals surface area contributed by atoms with Gasteiger partial charge in [-0.15, -0.1) is 0 Å². The number of rotatable bonds is 9. The monoisotopic (exact) mass is 244 g/mol. The van der Waals surface area contributed by atoms with Crippen LogP contribution in [0.5, 0.6) is 0 Å². The Morgan fingerprint density at radius 3 is 2.12 bits per heavy atom. The summed E-state index contributed by atoms with van der Waals surface area (Å²) in [6.45, 7) is 8.62. The van der Waals surface area contributed by atoms with E-state index in [1.165, 1.54) is 0 Å².